The van der Waals surface area contributed by atoms with Crippen LogP contribution in [0.2, 0.25) is 0 Å². The third kappa shape index (κ3) is 26.5. The van der Waals surface area contributed by atoms with E-state index in [1.165, 1.54) is 0 Å². The van der Waals surface area contributed by atoms with Crippen LogP contribution in [0.25, 0.3) is 0 Å². The molecule has 0 radical (unpaired) electrons. The van der Waals surface area contributed by atoms with Gasteiger partial charge in [-0.15, -0.1) is 0 Å². The van der Waals surface area contributed by atoms with Crippen molar-refractivity contribution in [3.63, 3.8) is 0 Å². The van der Waals surface area contributed by atoms with Crippen LogP contribution in [0.1, 0.15) is 131 Å². The molecule has 1 aromatic rings. The lowest BCUT2D eigenvalue weighted by Gasteiger charge is -2.28. The van der Waals surface area contributed by atoms with Crippen LogP contribution in [0.3, 0.4) is 0 Å². The maximum atomic E-state index is 14.3. The Morgan fingerprint density at radius 3 is 1.14 bits per heavy atom. The third-order valence-corrected chi connectivity index (χ3v) is 12.2. The molecule has 0 aliphatic heterocycles. The van der Waals surface area contributed by atoms with E-state index >= 15 is 0 Å². The van der Waals surface area contributed by atoms with E-state index in [-0.39, 0.29) is 108 Å². The van der Waals surface area contributed by atoms with E-state index in [9.17, 15) is 43.2 Å². The molecule has 1 aromatic carbocycles. The normalized spacial score (nSPS) is 14.9. The number of nitrogens with one attached hydrogen (secondary N) is 8. The van der Waals surface area contributed by atoms with Crippen LogP contribution in [-0.2, 0) is 49.6 Å². The van der Waals surface area contributed by atoms with E-state index in [2.05, 4.69) is 56.4 Å². The molecule has 23 heteroatoms. The number of nitrogens with two attached hydrogens (primary N) is 6. The Morgan fingerprint density at radius 1 is 0.419 bits per heavy atom. The fourth-order valence-corrected chi connectivity index (χ4v) is 8.09. The minimum Gasteiger partial charge on any atom is -0.368 e. The zero-order valence-corrected chi connectivity index (χ0v) is 44.8. The average Bonchev–Trinajstić information content (AvgIpc) is 3.34. The molecule has 23 nitrogen and oxygen atoms in total. The summed E-state index contributed by atoms with van der Waals surface area (Å²) in [5.74, 6) is -6.08. The molecule has 0 aliphatic rings. The summed E-state index contributed by atoms with van der Waals surface area (Å²) in [6.45, 7) is 11.5. The van der Waals surface area contributed by atoms with Gasteiger partial charge in [-0.3, -0.25) is 43.2 Å². The Hall–Kier alpha value is -5.75. The monoisotopic (exact) mass is 1040 g/mol. The highest BCUT2D eigenvalue weighted by atomic mass is 16.2. The van der Waals surface area contributed by atoms with Gasteiger partial charge in [-0.2, -0.15) is 0 Å². The van der Waals surface area contributed by atoms with E-state index in [1.807, 2.05) is 27.7 Å². The predicted octanol–water partition coefficient (Wildman–Crippen LogP) is -1.57. The summed E-state index contributed by atoms with van der Waals surface area (Å²) < 4.78 is 0. The van der Waals surface area contributed by atoms with Crippen molar-refractivity contribution in [1.82, 2.24) is 42.5 Å². The van der Waals surface area contributed by atoms with Gasteiger partial charge in [0.1, 0.15) is 48.3 Å². The molecule has 0 fully saturated rings. The number of amides is 9. The first-order valence-corrected chi connectivity index (χ1v) is 26.4. The molecular weight excluding hydrogens is 953 g/mol. The maximum Gasteiger partial charge on any atom is 0.243 e. The van der Waals surface area contributed by atoms with Crippen molar-refractivity contribution in [2.75, 3.05) is 32.7 Å². The zero-order valence-electron chi connectivity index (χ0n) is 44.8. The van der Waals surface area contributed by atoms with Crippen molar-refractivity contribution in [1.29, 1.82) is 0 Å². The van der Waals surface area contributed by atoms with Gasteiger partial charge in [0.2, 0.25) is 53.2 Å². The van der Waals surface area contributed by atoms with Crippen LogP contribution < -0.4 is 76.9 Å². The van der Waals surface area contributed by atoms with Crippen LogP contribution in [0, 0.1) is 17.8 Å². The number of carbonyl (C=O) groups is 9. The van der Waals surface area contributed by atoms with E-state index in [0.29, 0.717) is 17.9 Å². The molecule has 20 N–H and O–H groups in total. The highest BCUT2D eigenvalue weighted by Crippen LogP contribution is 2.15. The Labute approximate surface area is 438 Å². The molecule has 0 heterocycles. The zero-order chi connectivity index (χ0) is 55.8. The molecule has 0 aliphatic carbocycles. The number of rotatable bonds is 39. The van der Waals surface area contributed by atoms with Crippen molar-refractivity contribution in [3.8, 4) is 0 Å². The van der Waals surface area contributed by atoms with Gasteiger partial charge in [-0.05, 0) is 107 Å². The molecule has 9 amide bonds. The second kappa shape index (κ2) is 37.1. The van der Waals surface area contributed by atoms with E-state index < -0.39 is 95.6 Å². The standard InChI is InChI=1S/C51H92N14O9/c1-7-8-10-13-33(6)16-17-43(66)58-35(18-23-52)45(68)59-36(19-24-53)46(69)61-39(22-27-56)49(72)64-41(29-32(4)5)50(73)65-42(30-34-14-11-9-12-15-34)51(74)62-37(20-25-54)47(70)60-38(21-26-55)48(71)63-40(44(57)67)28-31(2)3/h9,11-12,14-15,31-33,35-42H,7-8,10,13,16-30,52-56H2,1-6H3,(H2,57,67)(H,58,66)(H,59,68)(H,60,70)(H,61,69)(H,62,74)(H,63,71)(H,64,72)(H,65,73)/t33?,35-,36+,37+,38+,39+,40+,41+,42-/m1/s1. The number of unbranched alkanes of at least 4 members (excludes halogenated alkanes) is 2. The molecule has 1 unspecified atom stereocenters. The molecule has 0 aromatic heterocycles. The quantitative estimate of drug-likeness (QED) is 0.0332. The van der Waals surface area contributed by atoms with E-state index in [0.717, 1.165) is 25.7 Å². The lowest BCUT2D eigenvalue weighted by molar-refractivity contribution is -0.136. The predicted molar refractivity (Wildman–Crippen MR) is 285 cm³/mol. The molecule has 0 spiro atoms. The lowest BCUT2D eigenvalue weighted by Crippen LogP contribution is -2.61. The number of hydrogen-bond acceptors (Lipinski definition) is 14. The Kier molecular flexibility index (Phi) is 33.2. The third-order valence-electron chi connectivity index (χ3n) is 12.2. The first-order chi connectivity index (χ1) is 35.1. The van der Waals surface area contributed by atoms with Crippen LogP contribution in [0.15, 0.2) is 30.3 Å². The second-order valence-corrected chi connectivity index (χ2v) is 19.9. The molecule has 0 saturated carbocycles. The Morgan fingerprint density at radius 2 is 0.757 bits per heavy atom. The summed E-state index contributed by atoms with van der Waals surface area (Å²) in [7, 11) is 0. The molecule has 74 heavy (non-hydrogen) atoms. The molecule has 0 bridgehead atoms. The van der Waals surface area contributed by atoms with Gasteiger partial charge in [-0.1, -0.05) is 97.6 Å². The van der Waals surface area contributed by atoms with Gasteiger partial charge in [0, 0.05) is 12.8 Å². The van der Waals surface area contributed by atoms with Gasteiger partial charge < -0.3 is 76.9 Å². The Bertz CT molecular complexity index is 1890. The first-order valence-electron chi connectivity index (χ1n) is 26.4. The van der Waals surface area contributed by atoms with Gasteiger partial charge in [0.05, 0.1) is 0 Å². The largest absolute Gasteiger partial charge is 0.368 e. The maximum absolute atomic E-state index is 14.3. The summed E-state index contributed by atoms with van der Waals surface area (Å²) in [5.41, 5.74) is 35.4. The van der Waals surface area contributed by atoms with Crippen molar-refractivity contribution in [2.24, 2.45) is 52.2 Å². The van der Waals surface area contributed by atoms with Crippen LogP contribution in [0.4, 0.5) is 0 Å². The van der Waals surface area contributed by atoms with Crippen molar-refractivity contribution in [2.45, 2.75) is 180 Å². The van der Waals surface area contributed by atoms with Gasteiger partial charge >= 0.3 is 0 Å². The highest BCUT2D eigenvalue weighted by Gasteiger charge is 2.35. The fourth-order valence-electron chi connectivity index (χ4n) is 8.09. The topological polar surface area (TPSA) is 406 Å². The summed E-state index contributed by atoms with van der Waals surface area (Å²) >= 11 is 0. The smallest absolute Gasteiger partial charge is 0.243 e. The highest BCUT2D eigenvalue weighted by molar-refractivity contribution is 5.98. The Balaban J connectivity index is 3.35. The minimum absolute atomic E-state index is 0.0106. The van der Waals surface area contributed by atoms with Crippen molar-refractivity contribution < 1.29 is 43.2 Å². The number of carbonyl (C=O) groups excluding carboxylic acids is 9. The van der Waals surface area contributed by atoms with Crippen molar-refractivity contribution in [3.05, 3.63) is 35.9 Å². The minimum atomic E-state index is -1.31. The van der Waals surface area contributed by atoms with E-state index in [1.54, 1.807) is 30.3 Å². The number of hydrogen-bond donors (Lipinski definition) is 14. The van der Waals surface area contributed by atoms with Gasteiger partial charge in [0.15, 0.2) is 0 Å². The summed E-state index contributed by atoms with van der Waals surface area (Å²) in [5, 5.41) is 21.4. The molecule has 420 valence electrons. The van der Waals surface area contributed by atoms with E-state index in [4.69, 9.17) is 34.4 Å². The fraction of sp³-hybridized carbons (Fsp3) is 0.706. The van der Waals surface area contributed by atoms with Crippen LogP contribution >= 0.6 is 0 Å². The van der Waals surface area contributed by atoms with Gasteiger partial charge in [0.25, 0.3) is 0 Å². The first kappa shape index (κ1) is 66.3. The van der Waals surface area contributed by atoms with Crippen LogP contribution in [-0.4, -0.2) is 134 Å². The summed E-state index contributed by atoms with van der Waals surface area (Å²) in [4.78, 5) is 122. The van der Waals surface area contributed by atoms with Crippen molar-refractivity contribution >= 4 is 53.2 Å². The molecule has 0 saturated heterocycles. The number of benzene rings is 1. The van der Waals surface area contributed by atoms with Gasteiger partial charge in [-0.25, -0.2) is 0 Å². The van der Waals surface area contributed by atoms with Crippen LogP contribution in [0.5, 0.6) is 0 Å². The molecule has 9 atom stereocenters. The molecular formula is C51H92N14O9. The lowest BCUT2D eigenvalue weighted by atomic mass is 9.98. The SMILES string of the molecule is CCCCCC(C)CCC(=O)N[C@H](CCN)C(=O)N[C@@H](CCN)C(=O)N[C@@H](CCN)C(=O)N[C@@H](CC(C)C)C(=O)N[C@H](Cc1ccccc1)C(=O)N[C@@H](CCN)C(=O)N[C@@H](CCN)C(=O)N[C@@H](CC(C)C)C(N)=O. The average molecular weight is 1050 g/mol. The summed E-state index contributed by atoms with van der Waals surface area (Å²) in [6.07, 6.45) is 5.38. The second-order valence-electron chi connectivity index (χ2n) is 19.9. The molecule has 1 rings (SSSR count). The number of primary amides is 1. The summed E-state index contributed by atoms with van der Waals surface area (Å²) in [6, 6.07) is -0.846.